The zero-order valence-electron chi connectivity index (χ0n) is 22.8. The molecule has 4 aromatic rings. The number of carbonyl (C=O) groups is 4. The number of benzene rings is 2. The van der Waals surface area contributed by atoms with Gasteiger partial charge in [0.25, 0.3) is 0 Å². The van der Waals surface area contributed by atoms with Crippen molar-refractivity contribution in [3.05, 3.63) is 112 Å². The predicted molar refractivity (Wildman–Crippen MR) is 161 cm³/mol. The van der Waals surface area contributed by atoms with Gasteiger partial charge >= 0.3 is 19.1 Å². The first kappa shape index (κ1) is 33.7. The van der Waals surface area contributed by atoms with E-state index >= 15 is 0 Å². The summed E-state index contributed by atoms with van der Waals surface area (Å²) >= 11 is 3.20. The summed E-state index contributed by atoms with van der Waals surface area (Å²) in [6, 6.07) is 19.9. The number of hydrogen-bond donors (Lipinski definition) is 2. The number of nitrogens with zero attached hydrogens (tertiary/aromatic N) is 2. The number of ether oxygens (including phenoxy) is 2. The number of halogens is 1. The topological polar surface area (TPSA) is 153 Å². The third kappa shape index (κ3) is 11.2. The molecule has 0 saturated carbocycles. The van der Waals surface area contributed by atoms with E-state index in [0.29, 0.717) is 53.8 Å². The lowest BCUT2D eigenvalue weighted by molar-refractivity contribution is 0.0517. The van der Waals surface area contributed by atoms with E-state index < -0.39 is 13.1 Å². The van der Waals surface area contributed by atoms with Gasteiger partial charge in [0.15, 0.2) is 12.6 Å². The first-order chi connectivity index (χ1) is 20.2. The molecule has 0 aliphatic carbocycles. The highest BCUT2D eigenvalue weighted by atomic mass is 79.9. The molecule has 0 saturated heterocycles. The van der Waals surface area contributed by atoms with E-state index in [2.05, 4.69) is 25.9 Å². The van der Waals surface area contributed by atoms with Crippen LogP contribution in [-0.2, 0) is 9.47 Å². The lowest BCUT2D eigenvalue weighted by Gasteiger charge is -2.04. The maximum Gasteiger partial charge on any atom is 0.488 e. The van der Waals surface area contributed by atoms with Crippen molar-refractivity contribution in [2.24, 2.45) is 0 Å². The van der Waals surface area contributed by atoms with Gasteiger partial charge in [-0.1, -0.05) is 30.3 Å². The van der Waals surface area contributed by atoms with Crippen LogP contribution in [0.5, 0.6) is 0 Å². The van der Waals surface area contributed by atoms with Crippen LogP contribution >= 0.6 is 15.9 Å². The zero-order valence-corrected chi connectivity index (χ0v) is 24.4. The van der Waals surface area contributed by atoms with Crippen LogP contribution in [0.2, 0.25) is 0 Å². The summed E-state index contributed by atoms with van der Waals surface area (Å²) in [4.78, 5) is 51.0. The third-order valence-corrected chi connectivity index (χ3v) is 5.70. The molecule has 42 heavy (non-hydrogen) atoms. The summed E-state index contributed by atoms with van der Waals surface area (Å²) in [6.45, 7) is 4.18. The molecule has 0 aliphatic rings. The molecule has 2 heterocycles. The molecule has 0 spiro atoms. The molecule has 10 nitrogen and oxygen atoms in total. The number of aldehydes is 2. The van der Waals surface area contributed by atoms with E-state index in [4.69, 9.17) is 19.5 Å². The second kappa shape index (κ2) is 18.0. The Hall–Kier alpha value is -4.52. The van der Waals surface area contributed by atoms with Crippen molar-refractivity contribution in [1.29, 1.82) is 0 Å². The van der Waals surface area contributed by atoms with E-state index in [-0.39, 0.29) is 5.97 Å². The van der Waals surface area contributed by atoms with Crippen LogP contribution in [-0.4, -0.2) is 64.9 Å². The zero-order chi connectivity index (χ0) is 30.9. The second-order valence-corrected chi connectivity index (χ2v) is 9.04. The van der Waals surface area contributed by atoms with E-state index in [9.17, 15) is 19.2 Å². The molecule has 0 aliphatic heterocycles. The average molecular weight is 635 g/mol. The quantitative estimate of drug-likeness (QED) is 0.165. The fourth-order valence-corrected chi connectivity index (χ4v) is 3.36. The maximum absolute atomic E-state index is 11.5. The molecule has 12 heteroatoms. The fourth-order valence-electron chi connectivity index (χ4n) is 3.12. The van der Waals surface area contributed by atoms with Gasteiger partial charge in [-0.05, 0) is 83.3 Å². The molecular formula is C30H28BBrN2O8. The lowest BCUT2D eigenvalue weighted by atomic mass is 9.80. The Morgan fingerprint density at radius 3 is 1.55 bits per heavy atom. The number of carbonyl (C=O) groups excluding carboxylic acids is 4. The van der Waals surface area contributed by atoms with E-state index in [1.807, 2.05) is 18.2 Å². The number of pyridine rings is 2. The highest BCUT2D eigenvalue weighted by Crippen LogP contribution is 2.19. The smallest absolute Gasteiger partial charge is 0.462 e. The molecule has 0 radical (unpaired) electrons. The van der Waals surface area contributed by atoms with Crippen molar-refractivity contribution in [3.63, 3.8) is 0 Å². The molecule has 2 N–H and O–H groups in total. The highest BCUT2D eigenvalue weighted by Gasteiger charge is 2.12. The molecule has 2 aromatic carbocycles. The standard InChI is InChI=1S/C15H13NO3.C9H11BO4.C6H4BrNO/c1-2-19-15(18)12-5-3-11(4-6-12)13-7-8-14(10-17)16-9-13;1-2-14-9(11)7-3-5-8(6-4-7)10(12)13;7-5-1-2-6(4-9)8-3-5/h3-10H,2H2,1H3;3-6,12-13H,2H2,1H3;1-4H. The summed E-state index contributed by atoms with van der Waals surface area (Å²) in [5.74, 6) is -0.741. The van der Waals surface area contributed by atoms with Crippen molar-refractivity contribution in [1.82, 2.24) is 9.97 Å². The van der Waals surface area contributed by atoms with Gasteiger partial charge in [-0.3, -0.25) is 19.6 Å². The Balaban J connectivity index is 0.000000235. The van der Waals surface area contributed by atoms with Gasteiger partial charge in [-0.2, -0.15) is 0 Å². The molecule has 4 rings (SSSR count). The average Bonchev–Trinajstić information content (AvgIpc) is 3.02. The van der Waals surface area contributed by atoms with Crippen molar-refractivity contribution in [3.8, 4) is 11.1 Å². The Morgan fingerprint density at radius 2 is 1.17 bits per heavy atom. The summed E-state index contributed by atoms with van der Waals surface area (Å²) in [6.07, 6.45) is 4.63. The molecule has 0 unspecified atom stereocenters. The van der Waals surface area contributed by atoms with E-state index in [0.717, 1.165) is 15.6 Å². The van der Waals surface area contributed by atoms with Crippen LogP contribution in [0.25, 0.3) is 11.1 Å². The van der Waals surface area contributed by atoms with Gasteiger partial charge in [0.1, 0.15) is 11.4 Å². The van der Waals surface area contributed by atoms with Gasteiger partial charge in [0, 0.05) is 22.4 Å². The van der Waals surface area contributed by atoms with Crippen LogP contribution in [0.15, 0.2) is 89.7 Å². The van der Waals surface area contributed by atoms with Crippen LogP contribution < -0.4 is 5.46 Å². The molecular weight excluding hydrogens is 607 g/mol. The summed E-state index contributed by atoms with van der Waals surface area (Å²) in [7, 11) is -1.51. The molecule has 0 amide bonds. The van der Waals surface area contributed by atoms with Gasteiger partial charge in [0.2, 0.25) is 0 Å². The number of rotatable bonds is 8. The van der Waals surface area contributed by atoms with Gasteiger partial charge in [-0.15, -0.1) is 0 Å². The maximum atomic E-state index is 11.5. The number of aromatic nitrogens is 2. The minimum Gasteiger partial charge on any atom is -0.462 e. The first-order valence-corrected chi connectivity index (χ1v) is 13.4. The lowest BCUT2D eigenvalue weighted by Crippen LogP contribution is -2.29. The normalized spacial score (nSPS) is 9.64. The Labute approximate surface area is 251 Å². The monoisotopic (exact) mass is 634 g/mol. The van der Waals surface area contributed by atoms with Crippen LogP contribution in [0.3, 0.4) is 0 Å². The van der Waals surface area contributed by atoms with Crippen molar-refractivity contribution in [2.45, 2.75) is 13.8 Å². The highest BCUT2D eigenvalue weighted by molar-refractivity contribution is 9.10. The fraction of sp³-hybridized carbons (Fsp3) is 0.133. The summed E-state index contributed by atoms with van der Waals surface area (Å²) < 4.78 is 10.6. The SMILES string of the molecule is CCOC(=O)c1ccc(-c2ccc(C=O)nc2)cc1.CCOC(=O)c1ccc(B(O)O)cc1.O=Cc1ccc(Br)cn1. The van der Waals surface area contributed by atoms with Crippen LogP contribution in [0.4, 0.5) is 0 Å². The van der Waals surface area contributed by atoms with Crippen molar-refractivity contribution >= 4 is 53.0 Å². The number of hydrogen-bond acceptors (Lipinski definition) is 10. The first-order valence-electron chi connectivity index (χ1n) is 12.6. The molecule has 0 atom stereocenters. The Morgan fingerprint density at radius 1 is 0.714 bits per heavy atom. The second-order valence-electron chi connectivity index (χ2n) is 8.12. The Bertz CT molecular complexity index is 1430. The van der Waals surface area contributed by atoms with Crippen molar-refractivity contribution < 1.29 is 38.7 Å². The van der Waals surface area contributed by atoms with Gasteiger partial charge < -0.3 is 19.5 Å². The molecule has 2 aromatic heterocycles. The molecule has 216 valence electrons. The van der Waals surface area contributed by atoms with Gasteiger partial charge in [0.05, 0.1) is 24.3 Å². The van der Waals surface area contributed by atoms with Crippen LogP contribution in [0, 0.1) is 0 Å². The van der Waals surface area contributed by atoms with Crippen LogP contribution in [0.1, 0.15) is 55.5 Å². The largest absolute Gasteiger partial charge is 0.488 e. The third-order valence-electron chi connectivity index (χ3n) is 5.23. The predicted octanol–water partition coefficient (Wildman–Crippen LogP) is 3.94. The molecule has 0 bridgehead atoms. The van der Waals surface area contributed by atoms with Crippen molar-refractivity contribution in [2.75, 3.05) is 13.2 Å². The van der Waals surface area contributed by atoms with Gasteiger partial charge in [-0.25, -0.2) is 9.59 Å². The van der Waals surface area contributed by atoms with E-state index in [1.165, 1.54) is 24.3 Å². The number of esters is 2. The summed E-state index contributed by atoms with van der Waals surface area (Å²) in [5, 5.41) is 17.6. The summed E-state index contributed by atoms with van der Waals surface area (Å²) in [5.41, 5.74) is 3.93. The minimum atomic E-state index is -1.51. The minimum absolute atomic E-state index is 0.323. The molecule has 0 fully saturated rings. The van der Waals surface area contributed by atoms with E-state index in [1.54, 1.807) is 56.6 Å². The Kier molecular flexibility index (Phi) is 14.5.